The molecule has 2 aromatic carbocycles. The molecule has 0 saturated carbocycles. The lowest BCUT2D eigenvalue weighted by Gasteiger charge is -2.23. The van der Waals surface area contributed by atoms with Crippen LogP contribution in [-0.2, 0) is 10.2 Å². The fourth-order valence-electron chi connectivity index (χ4n) is 3.22. The number of rotatable bonds is 6. The van der Waals surface area contributed by atoms with Crippen molar-refractivity contribution in [3.63, 3.8) is 0 Å². The molecule has 0 radical (unpaired) electrons. The molecular weight excluding hydrogens is 334 g/mol. The van der Waals surface area contributed by atoms with Crippen molar-refractivity contribution in [2.24, 2.45) is 0 Å². The summed E-state index contributed by atoms with van der Waals surface area (Å²) in [5.74, 6) is 0.647. The number of nitrogens with one attached hydrogen (secondary N) is 1. The lowest BCUT2D eigenvalue weighted by Crippen LogP contribution is -2.39. The number of ether oxygens (including phenoxy) is 1. The third kappa shape index (κ3) is 5.59. The van der Waals surface area contributed by atoms with E-state index in [1.54, 1.807) is 0 Å². The van der Waals surface area contributed by atoms with Crippen LogP contribution in [-0.4, -0.2) is 12.0 Å². The van der Waals surface area contributed by atoms with Gasteiger partial charge in [-0.2, -0.15) is 0 Å². The van der Waals surface area contributed by atoms with Crippen molar-refractivity contribution in [1.29, 1.82) is 0 Å². The van der Waals surface area contributed by atoms with Crippen LogP contribution in [0.2, 0.25) is 0 Å². The van der Waals surface area contributed by atoms with Gasteiger partial charge >= 0.3 is 0 Å². The molecule has 2 rings (SSSR count). The smallest absolute Gasteiger partial charge is 0.261 e. The van der Waals surface area contributed by atoms with Crippen LogP contribution in [0.25, 0.3) is 0 Å². The molecule has 1 amide bonds. The van der Waals surface area contributed by atoms with Crippen molar-refractivity contribution in [2.75, 3.05) is 0 Å². The van der Waals surface area contributed by atoms with Gasteiger partial charge in [0, 0.05) is 0 Å². The van der Waals surface area contributed by atoms with Crippen molar-refractivity contribution < 1.29 is 9.53 Å². The Bertz CT molecular complexity index is 772. The molecule has 1 N–H and O–H groups in total. The highest BCUT2D eigenvalue weighted by atomic mass is 16.5. The molecule has 0 spiro atoms. The molecule has 0 aliphatic carbocycles. The second kappa shape index (κ2) is 8.60. The minimum absolute atomic E-state index is 0.0565. The third-order valence-electron chi connectivity index (χ3n) is 4.91. The number of carbonyl (C=O) groups excluding carboxylic acids is 1. The molecule has 27 heavy (non-hydrogen) atoms. The first-order chi connectivity index (χ1) is 12.6. The van der Waals surface area contributed by atoms with E-state index in [1.165, 1.54) is 16.7 Å². The zero-order valence-corrected chi connectivity index (χ0v) is 17.7. The average Bonchev–Trinajstić information content (AvgIpc) is 2.59. The number of aryl methyl sites for hydroxylation is 2. The summed E-state index contributed by atoms with van der Waals surface area (Å²) < 4.78 is 5.97. The van der Waals surface area contributed by atoms with E-state index in [0.717, 1.165) is 11.3 Å². The Morgan fingerprint density at radius 2 is 1.70 bits per heavy atom. The number of benzene rings is 2. The maximum atomic E-state index is 12.7. The van der Waals surface area contributed by atoms with Crippen LogP contribution in [0.15, 0.2) is 42.5 Å². The van der Waals surface area contributed by atoms with E-state index in [2.05, 4.69) is 70.3 Å². The van der Waals surface area contributed by atoms with E-state index in [-0.39, 0.29) is 17.4 Å². The van der Waals surface area contributed by atoms with E-state index in [4.69, 9.17) is 4.74 Å². The summed E-state index contributed by atoms with van der Waals surface area (Å²) in [6, 6.07) is 14.3. The summed E-state index contributed by atoms with van der Waals surface area (Å²) >= 11 is 0. The first-order valence-corrected chi connectivity index (χ1v) is 9.76. The molecule has 3 heteroatoms. The molecule has 146 valence electrons. The maximum Gasteiger partial charge on any atom is 0.261 e. The van der Waals surface area contributed by atoms with Gasteiger partial charge in [0.2, 0.25) is 0 Å². The van der Waals surface area contributed by atoms with Crippen molar-refractivity contribution in [3.8, 4) is 5.75 Å². The molecule has 0 aliphatic rings. The zero-order chi connectivity index (χ0) is 20.2. The van der Waals surface area contributed by atoms with Crippen LogP contribution in [0, 0.1) is 13.8 Å². The van der Waals surface area contributed by atoms with Gasteiger partial charge < -0.3 is 10.1 Å². The summed E-state index contributed by atoms with van der Waals surface area (Å²) in [5, 5.41) is 3.10. The Labute approximate surface area is 164 Å². The quantitative estimate of drug-likeness (QED) is 0.718. The Balaban J connectivity index is 2.05. The SMILES string of the molecule is CC[C@@H](Oc1ccc(C(C)(C)C)cc1)C(=O)N[C@H](C)c1ccc(C)cc1C. The van der Waals surface area contributed by atoms with Gasteiger partial charge in [-0.25, -0.2) is 0 Å². The molecule has 0 bridgehead atoms. The van der Waals surface area contributed by atoms with Gasteiger partial charge in [-0.3, -0.25) is 4.79 Å². The molecule has 0 heterocycles. The van der Waals surface area contributed by atoms with Crippen LogP contribution >= 0.6 is 0 Å². The minimum Gasteiger partial charge on any atom is -0.481 e. The van der Waals surface area contributed by atoms with Gasteiger partial charge in [-0.05, 0) is 61.4 Å². The monoisotopic (exact) mass is 367 g/mol. The standard InChI is InChI=1S/C24H33NO2/c1-8-22(27-20-12-10-19(11-13-20)24(5,6)7)23(26)25-18(4)21-14-9-16(2)15-17(21)3/h9-15,18,22H,8H2,1-7H3,(H,25,26)/t18-,22-/m1/s1. The predicted molar refractivity (Wildman–Crippen MR) is 112 cm³/mol. The normalized spacial score (nSPS) is 13.7. The van der Waals surface area contributed by atoms with Crippen molar-refractivity contribution in [3.05, 3.63) is 64.7 Å². The topological polar surface area (TPSA) is 38.3 Å². The fraction of sp³-hybridized carbons (Fsp3) is 0.458. The first-order valence-electron chi connectivity index (χ1n) is 9.76. The Morgan fingerprint density at radius 3 is 2.22 bits per heavy atom. The van der Waals surface area contributed by atoms with Crippen molar-refractivity contribution in [1.82, 2.24) is 5.32 Å². The molecule has 0 fully saturated rings. The van der Waals surface area contributed by atoms with Crippen molar-refractivity contribution in [2.45, 2.75) is 72.4 Å². The summed E-state index contributed by atoms with van der Waals surface area (Å²) in [7, 11) is 0. The molecule has 0 aliphatic heterocycles. The number of hydrogen-bond acceptors (Lipinski definition) is 2. The molecule has 0 aromatic heterocycles. The largest absolute Gasteiger partial charge is 0.481 e. The number of carbonyl (C=O) groups is 1. The van der Waals surface area contributed by atoms with Gasteiger partial charge in [0.25, 0.3) is 5.91 Å². The predicted octanol–water partition coefficient (Wildman–Crippen LogP) is 5.64. The highest BCUT2D eigenvalue weighted by molar-refractivity contribution is 5.81. The molecule has 0 saturated heterocycles. The lowest BCUT2D eigenvalue weighted by atomic mass is 9.87. The first kappa shape index (κ1) is 21.0. The molecular formula is C24H33NO2. The number of hydrogen-bond donors (Lipinski definition) is 1. The summed E-state index contributed by atoms with van der Waals surface area (Å²) in [5.41, 5.74) is 4.90. The summed E-state index contributed by atoms with van der Waals surface area (Å²) in [6.45, 7) is 14.7. The summed E-state index contributed by atoms with van der Waals surface area (Å²) in [6.07, 6.45) is 0.116. The van der Waals surface area contributed by atoms with E-state index < -0.39 is 6.10 Å². The Kier molecular flexibility index (Phi) is 6.69. The van der Waals surface area contributed by atoms with Crippen LogP contribution < -0.4 is 10.1 Å². The number of amides is 1. The molecule has 2 aromatic rings. The lowest BCUT2D eigenvalue weighted by molar-refractivity contribution is -0.128. The van der Waals surface area contributed by atoms with E-state index in [9.17, 15) is 4.79 Å². The van der Waals surface area contributed by atoms with Gasteiger partial charge in [0.1, 0.15) is 5.75 Å². The highest BCUT2D eigenvalue weighted by Gasteiger charge is 2.22. The van der Waals surface area contributed by atoms with Crippen LogP contribution in [0.1, 0.15) is 69.3 Å². The third-order valence-corrected chi connectivity index (χ3v) is 4.91. The van der Waals surface area contributed by atoms with Gasteiger partial charge in [0.15, 0.2) is 6.10 Å². The van der Waals surface area contributed by atoms with Crippen LogP contribution in [0.5, 0.6) is 5.75 Å². The van der Waals surface area contributed by atoms with Crippen molar-refractivity contribution >= 4 is 5.91 Å². The summed E-state index contributed by atoms with van der Waals surface area (Å²) in [4.78, 5) is 12.7. The molecule has 3 nitrogen and oxygen atoms in total. The van der Waals surface area contributed by atoms with E-state index in [0.29, 0.717) is 6.42 Å². The highest BCUT2D eigenvalue weighted by Crippen LogP contribution is 2.25. The minimum atomic E-state index is -0.501. The molecule has 0 unspecified atom stereocenters. The fourth-order valence-corrected chi connectivity index (χ4v) is 3.22. The van der Waals surface area contributed by atoms with Gasteiger partial charge in [-0.1, -0.05) is 63.6 Å². The second-order valence-electron chi connectivity index (χ2n) is 8.38. The van der Waals surface area contributed by atoms with Gasteiger partial charge in [-0.15, -0.1) is 0 Å². The van der Waals surface area contributed by atoms with E-state index >= 15 is 0 Å². The second-order valence-corrected chi connectivity index (χ2v) is 8.38. The van der Waals surface area contributed by atoms with E-state index in [1.807, 2.05) is 26.0 Å². The van der Waals surface area contributed by atoms with Crippen LogP contribution in [0.3, 0.4) is 0 Å². The van der Waals surface area contributed by atoms with Crippen LogP contribution in [0.4, 0.5) is 0 Å². The Hall–Kier alpha value is -2.29. The van der Waals surface area contributed by atoms with Gasteiger partial charge in [0.05, 0.1) is 6.04 Å². The molecule has 2 atom stereocenters. The average molecular weight is 368 g/mol. The maximum absolute atomic E-state index is 12.7. The Morgan fingerprint density at radius 1 is 1.07 bits per heavy atom. The zero-order valence-electron chi connectivity index (χ0n) is 17.7.